The second kappa shape index (κ2) is 16.6. The van der Waals surface area contributed by atoms with Crippen LogP contribution in [0.15, 0.2) is 48.7 Å². The first-order chi connectivity index (χ1) is 26.0. The predicted octanol–water partition coefficient (Wildman–Crippen LogP) is 6.21. The Morgan fingerprint density at radius 2 is 1.30 bits per heavy atom. The second-order valence-corrected chi connectivity index (χ2v) is 14.6. The summed E-state index contributed by atoms with van der Waals surface area (Å²) < 4.78 is 9.50. The van der Waals surface area contributed by atoms with E-state index in [0.29, 0.717) is 13.1 Å². The van der Waals surface area contributed by atoms with Crippen molar-refractivity contribution in [3.05, 3.63) is 71.4 Å². The van der Waals surface area contributed by atoms with Crippen LogP contribution >= 0.6 is 0 Å². The van der Waals surface area contributed by atoms with Crippen LogP contribution in [0.1, 0.15) is 88.2 Å². The fraction of sp³-hybridized carbons (Fsp3) is 0.450. The first-order valence-corrected chi connectivity index (χ1v) is 18.6. The summed E-state index contributed by atoms with van der Waals surface area (Å²) in [6.07, 6.45) is 7.91. The molecule has 54 heavy (non-hydrogen) atoms. The van der Waals surface area contributed by atoms with Crippen LogP contribution in [0.3, 0.4) is 0 Å². The number of imidazole rings is 2. The van der Waals surface area contributed by atoms with Gasteiger partial charge >= 0.3 is 12.2 Å². The van der Waals surface area contributed by atoms with Gasteiger partial charge in [-0.1, -0.05) is 70.2 Å². The maximum atomic E-state index is 13.5. The maximum Gasteiger partial charge on any atom is 0.407 e. The number of hydrogen-bond acceptors (Lipinski definition) is 8. The molecule has 2 saturated heterocycles. The van der Waals surface area contributed by atoms with Gasteiger partial charge in [-0.25, -0.2) is 19.6 Å². The van der Waals surface area contributed by atoms with Crippen molar-refractivity contribution in [2.45, 2.75) is 77.5 Å². The fourth-order valence-electron chi connectivity index (χ4n) is 7.31. The van der Waals surface area contributed by atoms with Crippen LogP contribution < -0.4 is 10.6 Å². The van der Waals surface area contributed by atoms with E-state index in [4.69, 9.17) is 14.5 Å². The zero-order valence-corrected chi connectivity index (χ0v) is 31.7. The Hall–Kier alpha value is -5.66. The van der Waals surface area contributed by atoms with Crippen molar-refractivity contribution in [3.63, 3.8) is 0 Å². The summed E-state index contributed by atoms with van der Waals surface area (Å²) in [7, 11) is 2.58. The molecule has 0 bridgehead atoms. The summed E-state index contributed by atoms with van der Waals surface area (Å²) in [5.74, 6) is 0.968. The molecule has 0 saturated carbocycles. The van der Waals surface area contributed by atoms with Gasteiger partial charge in [0.05, 0.1) is 49.2 Å². The highest BCUT2D eigenvalue weighted by molar-refractivity contribution is 5.87. The smallest absolute Gasteiger partial charge is 0.407 e. The number of carbonyl (C=O) groups excluding carboxylic acids is 4. The quantitative estimate of drug-likeness (QED) is 0.131. The highest BCUT2D eigenvalue weighted by atomic mass is 16.5. The Morgan fingerprint density at radius 3 is 1.85 bits per heavy atom. The fourth-order valence-corrected chi connectivity index (χ4v) is 7.31. The number of likely N-dealkylation sites (tertiary alicyclic amines) is 2. The summed E-state index contributed by atoms with van der Waals surface area (Å²) in [5, 5.41) is 5.39. The van der Waals surface area contributed by atoms with Crippen LogP contribution in [0.4, 0.5) is 9.59 Å². The third-order valence-corrected chi connectivity index (χ3v) is 10.3. The maximum absolute atomic E-state index is 13.5. The molecule has 6 rings (SSSR count). The molecule has 0 spiro atoms. The molecular formula is C40H50N8O6. The van der Waals surface area contributed by atoms with Gasteiger partial charge in [-0.15, -0.1) is 0 Å². The van der Waals surface area contributed by atoms with Gasteiger partial charge in [0, 0.05) is 13.1 Å². The van der Waals surface area contributed by atoms with Gasteiger partial charge in [0.1, 0.15) is 23.7 Å². The van der Waals surface area contributed by atoms with Gasteiger partial charge in [-0.2, -0.15) is 0 Å². The lowest BCUT2D eigenvalue weighted by Gasteiger charge is -2.30. The van der Waals surface area contributed by atoms with Gasteiger partial charge < -0.3 is 39.9 Å². The molecular weight excluding hydrogens is 688 g/mol. The van der Waals surface area contributed by atoms with Crippen molar-refractivity contribution in [2.75, 3.05) is 27.3 Å². The van der Waals surface area contributed by atoms with E-state index in [9.17, 15) is 19.2 Å². The molecule has 14 heteroatoms. The van der Waals surface area contributed by atoms with Crippen molar-refractivity contribution in [1.82, 2.24) is 40.4 Å². The first-order valence-electron chi connectivity index (χ1n) is 18.6. The summed E-state index contributed by atoms with van der Waals surface area (Å²) in [6, 6.07) is 12.4. The normalized spacial score (nSPS) is 18.4. The number of methoxy groups -OCH3 is 2. The molecule has 4 heterocycles. The van der Waals surface area contributed by atoms with E-state index in [0.717, 1.165) is 70.7 Å². The number of aromatic nitrogens is 4. The van der Waals surface area contributed by atoms with E-state index in [1.165, 1.54) is 14.2 Å². The standard InChI is InChI=1S/C40H50N8O6/c1-23(2)33(45-39(51)53-5)37(49)47-19-7-9-31(47)35-41-22-30(44-35)27-16-13-25(14-17-27)11-12-26-15-18-28-29(21-26)43-36(42-28)32-10-8-20-48(32)38(50)34(24(3)4)46-40(52)54-6/h11-18,21-24,31-34H,7-10,19-20H2,1-6H3,(H,41,44)(H,42,43)(H,45,51)(H,46,52)/t31-,32-,33-,34-/m0/s1. The van der Waals surface area contributed by atoms with E-state index in [1.54, 1.807) is 11.1 Å². The number of benzene rings is 2. The molecule has 0 radical (unpaired) electrons. The molecule has 4 amide bonds. The van der Waals surface area contributed by atoms with Crippen molar-refractivity contribution in [3.8, 4) is 11.3 Å². The van der Waals surface area contributed by atoms with Gasteiger partial charge in [0.25, 0.3) is 0 Å². The molecule has 4 N–H and O–H groups in total. The molecule has 4 atom stereocenters. The van der Waals surface area contributed by atoms with E-state index >= 15 is 0 Å². The molecule has 286 valence electrons. The van der Waals surface area contributed by atoms with Crippen LogP contribution in [0, 0.1) is 11.8 Å². The van der Waals surface area contributed by atoms with Crippen LogP contribution in [0.2, 0.25) is 0 Å². The minimum absolute atomic E-state index is 0.103. The largest absolute Gasteiger partial charge is 0.453 e. The number of ether oxygens (including phenoxy) is 2. The Kier molecular flexibility index (Phi) is 11.7. The predicted molar refractivity (Wildman–Crippen MR) is 205 cm³/mol. The lowest BCUT2D eigenvalue weighted by Crippen LogP contribution is -2.51. The van der Waals surface area contributed by atoms with Crippen LogP contribution in [0.5, 0.6) is 0 Å². The SMILES string of the molecule is COC(=O)N[C@H](C(=O)N1CCC[C@H]1c1ncc(-c2ccc(C=Cc3ccc4nc([C@@H]5CCCN5C(=O)[C@@H](NC(=O)OC)C(C)C)[nH]c4c3)cc2)[nH]1)C(C)C. The van der Waals surface area contributed by atoms with E-state index in [1.807, 2.05) is 87.2 Å². The minimum Gasteiger partial charge on any atom is -0.453 e. The number of nitrogens with one attached hydrogen (secondary N) is 4. The highest BCUT2D eigenvalue weighted by Crippen LogP contribution is 2.34. The third-order valence-electron chi connectivity index (χ3n) is 10.3. The number of nitrogens with zero attached hydrogens (tertiary/aromatic N) is 4. The van der Waals surface area contributed by atoms with Crippen molar-refractivity contribution in [1.29, 1.82) is 0 Å². The lowest BCUT2D eigenvalue weighted by atomic mass is 10.0. The topological polar surface area (TPSA) is 175 Å². The summed E-state index contributed by atoms with van der Waals surface area (Å²) >= 11 is 0. The number of amides is 4. The number of rotatable bonds is 11. The van der Waals surface area contributed by atoms with Crippen LogP contribution in [-0.2, 0) is 19.1 Å². The van der Waals surface area contributed by atoms with Gasteiger partial charge in [0.15, 0.2) is 0 Å². The molecule has 2 aromatic carbocycles. The Labute approximate surface area is 315 Å². The van der Waals surface area contributed by atoms with Crippen LogP contribution in [0.25, 0.3) is 34.4 Å². The average molecular weight is 739 g/mol. The summed E-state index contributed by atoms with van der Waals surface area (Å²) in [6.45, 7) is 8.79. The van der Waals surface area contributed by atoms with E-state index in [-0.39, 0.29) is 35.7 Å². The lowest BCUT2D eigenvalue weighted by molar-refractivity contribution is -0.136. The Morgan fingerprint density at radius 1 is 0.759 bits per heavy atom. The number of alkyl carbamates (subject to hydrolysis) is 2. The zero-order chi connectivity index (χ0) is 38.5. The molecule has 2 aliphatic rings. The molecule has 14 nitrogen and oxygen atoms in total. The number of aromatic amines is 2. The van der Waals surface area contributed by atoms with Crippen molar-refractivity contribution < 1.29 is 28.7 Å². The van der Waals surface area contributed by atoms with E-state index in [2.05, 4.69) is 25.6 Å². The minimum atomic E-state index is -0.688. The highest BCUT2D eigenvalue weighted by Gasteiger charge is 2.39. The molecule has 0 aliphatic carbocycles. The number of fused-ring (bicyclic) bond motifs is 1. The Bertz CT molecular complexity index is 2000. The molecule has 2 aliphatic heterocycles. The molecule has 4 aromatic rings. The summed E-state index contributed by atoms with van der Waals surface area (Å²) in [4.78, 5) is 70.9. The zero-order valence-electron chi connectivity index (χ0n) is 31.7. The Balaban J connectivity index is 1.11. The van der Waals surface area contributed by atoms with Crippen molar-refractivity contribution in [2.24, 2.45) is 11.8 Å². The van der Waals surface area contributed by atoms with Gasteiger partial charge in [-0.05, 0) is 66.3 Å². The third kappa shape index (κ3) is 8.27. The average Bonchev–Trinajstić information content (AvgIpc) is 4.00. The van der Waals surface area contributed by atoms with E-state index < -0.39 is 24.3 Å². The first kappa shape index (κ1) is 38.1. The van der Waals surface area contributed by atoms with Crippen LogP contribution in [-0.4, -0.2) is 93.1 Å². The van der Waals surface area contributed by atoms with Crippen molar-refractivity contribution >= 4 is 47.2 Å². The van der Waals surface area contributed by atoms with Gasteiger partial charge in [-0.3, -0.25) is 9.59 Å². The second-order valence-electron chi connectivity index (χ2n) is 14.6. The number of hydrogen-bond donors (Lipinski definition) is 4. The number of carbonyl (C=O) groups is 4. The number of H-pyrrole nitrogens is 2. The van der Waals surface area contributed by atoms with Gasteiger partial charge in [0.2, 0.25) is 11.8 Å². The molecule has 2 aromatic heterocycles. The molecule has 0 unspecified atom stereocenters. The monoisotopic (exact) mass is 738 g/mol. The summed E-state index contributed by atoms with van der Waals surface area (Å²) in [5.41, 5.74) is 5.55. The molecule has 2 fully saturated rings.